The molecule has 0 N–H and O–H groups in total. The van der Waals surface area contributed by atoms with Crippen molar-refractivity contribution in [2.75, 3.05) is 0 Å². The lowest BCUT2D eigenvalue weighted by molar-refractivity contribution is 0.0978. The Hall–Kier alpha value is -1.44. The summed E-state index contributed by atoms with van der Waals surface area (Å²) in [6, 6.07) is 16.5. The average Bonchev–Trinajstić information content (AvgIpc) is 2.42. The standard InChI is InChI=1S/C15H9Br2NO/c16-13-7-3-1-5-10(13)12(9-18)15(19)11-6-2-4-8-14(11)17/h1-8,12H. The van der Waals surface area contributed by atoms with Crippen molar-refractivity contribution in [3.05, 3.63) is 68.6 Å². The molecule has 0 bridgehead atoms. The summed E-state index contributed by atoms with van der Waals surface area (Å²) >= 11 is 6.73. The minimum absolute atomic E-state index is 0.207. The van der Waals surface area contributed by atoms with E-state index in [1.54, 1.807) is 24.3 Å². The Labute approximate surface area is 128 Å². The van der Waals surface area contributed by atoms with Crippen LogP contribution in [0.4, 0.5) is 0 Å². The van der Waals surface area contributed by atoms with E-state index in [1.165, 1.54) is 0 Å². The third-order valence-electron chi connectivity index (χ3n) is 2.75. The monoisotopic (exact) mass is 377 g/mol. The van der Waals surface area contributed by atoms with Crippen LogP contribution in [-0.2, 0) is 0 Å². The molecule has 0 radical (unpaired) electrons. The van der Waals surface area contributed by atoms with Crippen LogP contribution in [0.25, 0.3) is 0 Å². The van der Waals surface area contributed by atoms with Crippen molar-refractivity contribution >= 4 is 37.6 Å². The van der Waals surface area contributed by atoms with Crippen LogP contribution in [0.1, 0.15) is 21.8 Å². The number of halogens is 2. The van der Waals surface area contributed by atoms with Crippen LogP contribution in [0.3, 0.4) is 0 Å². The van der Waals surface area contributed by atoms with Gasteiger partial charge in [0.25, 0.3) is 0 Å². The number of nitriles is 1. The Bertz CT molecular complexity index is 661. The number of rotatable bonds is 3. The van der Waals surface area contributed by atoms with E-state index in [1.807, 2.05) is 24.3 Å². The van der Waals surface area contributed by atoms with Crippen LogP contribution in [0, 0.1) is 11.3 Å². The Morgan fingerprint density at radius 3 is 2.16 bits per heavy atom. The molecule has 0 aromatic heterocycles. The fourth-order valence-electron chi connectivity index (χ4n) is 1.80. The molecule has 4 heteroatoms. The van der Waals surface area contributed by atoms with E-state index in [-0.39, 0.29) is 5.78 Å². The molecule has 2 aromatic carbocycles. The SMILES string of the molecule is N#CC(C(=O)c1ccccc1Br)c1ccccc1Br. The molecule has 0 amide bonds. The molecule has 2 rings (SSSR count). The highest BCUT2D eigenvalue weighted by Gasteiger charge is 2.24. The van der Waals surface area contributed by atoms with Gasteiger partial charge in [-0.15, -0.1) is 0 Å². The number of hydrogen-bond acceptors (Lipinski definition) is 2. The number of Topliss-reactive ketones (excluding diaryl/α,β-unsaturated/α-hetero) is 1. The van der Waals surface area contributed by atoms with Gasteiger partial charge in [-0.05, 0) is 17.7 Å². The summed E-state index contributed by atoms with van der Waals surface area (Å²) < 4.78 is 1.47. The maximum absolute atomic E-state index is 12.5. The average molecular weight is 379 g/mol. The summed E-state index contributed by atoms with van der Waals surface area (Å²) in [5.74, 6) is -1.02. The van der Waals surface area contributed by atoms with E-state index in [0.29, 0.717) is 15.6 Å². The smallest absolute Gasteiger partial charge is 0.185 e. The summed E-state index contributed by atoms with van der Waals surface area (Å²) in [5, 5.41) is 9.32. The third-order valence-corrected chi connectivity index (χ3v) is 4.16. The van der Waals surface area contributed by atoms with Crippen molar-refractivity contribution in [1.82, 2.24) is 0 Å². The summed E-state index contributed by atoms with van der Waals surface area (Å²) in [6.45, 7) is 0. The van der Waals surface area contributed by atoms with Gasteiger partial charge in [0.2, 0.25) is 0 Å². The van der Waals surface area contributed by atoms with Crippen LogP contribution in [0.2, 0.25) is 0 Å². The molecule has 0 fully saturated rings. The first-order valence-corrected chi connectivity index (χ1v) is 7.16. The lowest BCUT2D eigenvalue weighted by Crippen LogP contribution is -2.12. The highest BCUT2D eigenvalue weighted by atomic mass is 79.9. The van der Waals surface area contributed by atoms with Gasteiger partial charge in [0, 0.05) is 14.5 Å². The normalized spacial score (nSPS) is 11.6. The van der Waals surface area contributed by atoms with Crippen molar-refractivity contribution in [1.29, 1.82) is 5.26 Å². The molecule has 1 atom stereocenters. The minimum Gasteiger partial charge on any atom is -0.292 e. The third kappa shape index (κ3) is 2.94. The quantitative estimate of drug-likeness (QED) is 0.726. The maximum atomic E-state index is 12.5. The molecule has 0 aliphatic carbocycles. The topological polar surface area (TPSA) is 40.9 Å². The van der Waals surface area contributed by atoms with E-state index in [2.05, 4.69) is 37.9 Å². The predicted molar refractivity (Wildman–Crippen MR) is 81.0 cm³/mol. The van der Waals surface area contributed by atoms with Gasteiger partial charge in [-0.25, -0.2) is 0 Å². The fourth-order valence-corrected chi connectivity index (χ4v) is 2.79. The molecule has 0 saturated carbocycles. The van der Waals surface area contributed by atoms with Gasteiger partial charge >= 0.3 is 0 Å². The first-order chi connectivity index (χ1) is 9.15. The van der Waals surface area contributed by atoms with E-state index in [9.17, 15) is 10.1 Å². The van der Waals surface area contributed by atoms with Crippen molar-refractivity contribution < 1.29 is 4.79 Å². The van der Waals surface area contributed by atoms with Crippen LogP contribution in [0.5, 0.6) is 0 Å². The van der Waals surface area contributed by atoms with Crippen molar-refractivity contribution in [2.45, 2.75) is 5.92 Å². The second kappa shape index (κ2) is 6.14. The van der Waals surface area contributed by atoms with Gasteiger partial charge in [0.05, 0.1) is 6.07 Å². The lowest BCUT2D eigenvalue weighted by atomic mass is 9.92. The molecular weight excluding hydrogens is 370 g/mol. The van der Waals surface area contributed by atoms with Gasteiger partial charge in [0.1, 0.15) is 5.92 Å². The second-order valence-corrected chi connectivity index (χ2v) is 5.64. The van der Waals surface area contributed by atoms with Gasteiger partial charge < -0.3 is 0 Å². The zero-order chi connectivity index (χ0) is 13.8. The summed E-state index contributed by atoms with van der Waals surface area (Å²) in [5.41, 5.74) is 1.20. The molecule has 0 aliphatic heterocycles. The Balaban J connectivity index is 2.45. The molecule has 2 nitrogen and oxygen atoms in total. The molecule has 19 heavy (non-hydrogen) atoms. The highest BCUT2D eigenvalue weighted by Crippen LogP contribution is 2.29. The van der Waals surface area contributed by atoms with Crippen LogP contribution in [-0.4, -0.2) is 5.78 Å². The molecule has 0 saturated heterocycles. The van der Waals surface area contributed by atoms with E-state index in [0.717, 1.165) is 4.47 Å². The Kier molecular flexibility index (Phi) is 4.52. The largest absolute Gasteiger partial charge is 0.292 e. The summed E-state index contributed by atoms with van der Waals surface area (Å²) in [4.78, 5) is 12.5. The van der Waals surface area contributed by atoms with Gasteiger partial charge in [-0.2, -0.15) is 5.26 Å². The van der Waals surface area contributed by atoms with Crippen LogP contribution in [0.15, 0.2) is 57.5 Å². The first-order valence-electron chi connectivity index (χ1n) is 5.58. The predicted octanol–water partition coefficient (Wildman–Crippen LogP) is 4.70. The first kappa shape index (κ1) is 14.0. The number of nitrogens with zero attached hydrogens (tertiary/aromatic N) is 1. The number of benzene rings is 2. The van der Waals surface area contributed by atoms with E-state index < -0.39 is 5.92 Å². The number of carbonyl (C=O) groups is 1. The van der Waals surface area contributed by atoms with Crippen LogP contribution >= 0.6 is 31.9 Å². The summed E-state index contributed by atoms with van der Waals surface area (Å²) in [6.07, 6.45) is 0. The van der Waals surface area contributed by atoms with E-state index in [4.69, 9.17) is 0 Å². The summed E-state index contributed by atoms with van der Waals surface area (Å²) in [7, 11) is 0. The second-order valence-electron chi connectivity index (χ2n) is 3.93. The van der Waals surface area contributed by atoms with Gasteiger partial charge in [-0.1, -0.05) is 68.3 Å². The molecular formula is C15H9Br2NO. The zero-order valence-corrected chi connectivity index (χ0v) is 13.0. The van der Waals surface area contributed by atoms with E-state index >= 15 is 0 Å². The number of carbonyl (C=O) groups excluding carboxylic acids is 1. The molecule has 0 aliphatic rings. The molecule has 1 unspecified atom stereocenters. The lowest BCUT2D eigenvalue weighted by Gasteiger charge is -2.11. The minimum atomic E-state index is -0.811. The maximum Gasteiger partial charge on any atom is 0.185 e. The van der Waals surface area contributed by atoms with Crippen molar-refractivity contribution in [3.8, 4) is 6.07 Å². The molecule has 2 aromatic rings. The van der Waals surface area contributed by atoms with Gasteiger partial charge in [0.15, 0.2) is 5.78 Å². The molecule has 0 heterocycles. The molecule has 94 valence electrons. The Morgan fingerprint density at radius 2 is 1.58 bits per heavy atom. The van der Waals surface area contributed by atoms with Crippen molar-refractivity contribution in [3.63, 3.8) is 0 Å². The zero-order valence-electron chi connectivity index (χ0n) is 9.81. The van der Waals surface area contributed by atoms with Crippen molar-refractivity contribution in [2.24, 2.45) is 0 Å². The van der Waals surface area contributed by atoms with Crippen LogP contribution < -0.4 is 0 Å². The fraction of sp³-hybridized carbons (Fsp3) is 0.0667. The number of ketones is 1. The van der Waals surface area contributed by atoms with Gasteiger partial charge in [-0.3, -0.25) is 4.79 Å². The molecule has 0 spiro atoms. The highest BCUT2D eigenvalue weighted by molar-refractivity contribution is 9.10. The Morgan fingerprint density at radius 1 is 1.00 bits per heavy atom. The number of hydrogen-bond donors (Lipinski definition) is 0.